The van der Waals surface area contributed by atoms with Crippen LogP contribution in [0.3, 0.4) is 0 Å². The first-order valence-electron chi connectivity index (χ1n) is 6.57. The molecule has 0 spiro atoms. The van der Waals surface area contributed by atoms with E-state index >= 15 is 0 Å². The number of benzene rings is 2. The van der Waals surface area contributed by atoms with Crippen molar-refractivity contribution in [3.05, 3.63) is 72.4 Å². The van der Waals surface area contributed by atoms with Crippen LogP contribution in [0.1, 0.15) is 0 Å². The molecule has 2 N–H and O–H groups in total. The molecule has 4 nitrogen and oxygen atoms in total. The fourth-order valence-electron chi connectivity index (χ4n) is 1.90. The lowest BCUT2D eigenvalue weighted by molar-refractivity contribution is 0.628. The number of nitrogens with zero attached hydrogens (tertiary/aromatic N) is 2. The number of rotatable bonds is 4. The van der Waals surface area contributed by atoms with Crippen LogP contribution in [0.15, 0.2) is 60.8 Å². The molecule has 0 amide bonds. The maximum atomic E-state index is 13.2. The van der Waals surface area contributed by atoms with Crippen molar-refractivity contribution in [2.75, 3.05) is 10.6 Å². The monoisotopic (exact) mass is 298 g/mol. The summed E-state index contributed by atoms with van der Waals surface area (Å²) in [7, 11) is 0. The second kappa shape index (κ2) is 6.17. The number of hydrogen-bond acceptors (Lipinski definition) is 4. The predicted molar refractivity (Wildman–Crippen MR) is 81.4 cm³/mol. The van der Waals surface area contributed by atoms with Crippen LogP contribution in [0.25, 0.3) is 0 Å². The van der Waals surface area contributed by atoms with Crippen molar-refractivity contribution in [1.29, 1.82) is 0 Å². The van der Waals surface area contributed by atoms with Gasteiger partial charge in [0.25, 0.3) is 0 Å². The first kappa shape index (κ1) is 13.9. The summed E-state index contributed by atoms with van der Waals surface area (Å²) in [6.07, 6.45) is 1.55. The highest BCUT2D eigenvalue weighted by Gasteiger charge is 2.02. The van der Waals surface area contributed by atoms with E-state index < -0.39 is 0 Å². The molecule has 0 radical (unpaired) electrons. The summed E-state index contributed by atoms with van der Waals surface area (Å²) in [5.74, 6) is 0.128. The van der Waals surface area contributed by atoms with Gasteiger partial charge in [0.05, 0.1) is 0 Å². The van der Waals surface area contributed by atoms with Gasteiger partial charge in [-0.1, -0.05) is 12.1 Å². The normalized spacial score (nSPS) is 10.3. The van der Waals surface area contributed by atoms with Crippen LogP contribution in [0, 0.1) is 11.6 Å². The smallest absolute Gasteiger partial charge is 0.229 e. The first-order valence-corrected chi connectivity index (χ1v) is 6.57. The number of aromatic nitrogens is 2. The maximum absolute atomic E-state index is 13.2. The molecule has 22 heavy (non-hydrogen) atoms. The molecule has 0 bridgehead atoms. The van der Waals surface area contributed by atoms with Gasteiger partial charge in [-0.3, -0.25) is 0 Å². The lowest BCUT2D eigenvalue weighted by Crippen LogP contribution is -2.00. The van der Waals surface area contributed by atoms with Crippen LogP contribution >= 0.6 is 0 Å². The minimum Gasteiger partial charge on any atom is -0.340 e. The number of halogens is 2. The lowest BCUT2D eigenvalue weighted by Gasteiger charge is -2.08. The Morgan fingerprint density at radius 1 is 0.773 bits per heavy atom. The van der Waals surface area contributed by atoms with Crippen molar-refractivity contribution in [2.24, 2.45) is 0 Å². The molecule has 0 aliphatic rings. The predicted octanol–water partition coefficient (Wildman–Crippen LogP) is 4.24. The van der Waals surface area contributed by atoms with Gasteiger partial charge in [-0.25, -0.2) is 13.8 Å². The summed E-state index contributed by atoms with van der Waals surface area (Å²) in [6.45, 7) is 0. The van der Waals surface area contributed by atoms with Crippen molar-refractivity contribution in [3.63, 3.8) is 0 Å². The zero-order valence-electron chi connectivity index (χ0n) is 11.4. The van der Waals surface area contributed by atoms with Crippen LogP contribution in [0.4, 0.5) is 31.9 Å². The quantitative estimate of drug-likeness (QED) is 0.756. The third-order valence-corrected chi connectivity index (χ3v) is 2.83. The third-order valence-electron chi connectivity index (χ3n) is 2.83. The number of nitrogens with one attached hydrogen (secondary N) is 2. The van der Waals surface area contributed by atoms with Gasteiger partial charge in [-0.2, -0.15) is 4.98 Å². The van der Waals surface area contributed by atoms with Gasteiger partial charge in [0.15, 0.2) is 0 Å². The fraction of sp³-hybridized carbons (Fsp3) is 0. The molecular formula is C16H12F2N4. The minimum absolute atomic E-state index is 0.312. The Bertz CT molecular complexity index is 730. The molecule has 0 saturated heterocycles. The maximum Gasteiger partial charge on any atom is 0.229 e. The van der Waals surface area contributed by atoms with Gasteiger partial charge in [-0.05, 0) is 42.5 Å². The Labute approximate surface area is 125 Å². The van der Waals surface area contributed by atoms with E-state index in [1.165, 1.54) is 24.3 Å². The highest BCUT2D eigenvalue weighted by molar-refractivity contribution is 5.59. The molecule has 3 rings (SSSR count). The molecule has 2 aromatic carbocycles. The molecule has 1 heterocycles. The number of anilines is 4. The topological polar surface area (TPSA) is 49.8 Å². The zero-order valence-corrected chi connectivity index (χ0v) is 11.4. The van der Waals surface area contributed by atoms with Crippen LogP contribution < -0.4 is 10.6 Å². The van der Waals surface area contributed by atoms with Gasteiger partial charge in [0, 0.05) is 17.6 Å². The van der Waals surface area contributed by atoms with E-state index in [2.05, 4.69) is 20.6 Å². The lowest BCUT2D eigenvalue weighted by atomic mass is 10.3. The van der Waals surface area contributed by atoms with Gasteiger partial charge >= 0.3 is 0 Å². The van der Waals surface area contributed by atoms with Crippen molar-refractivity contribution in [3.8, 4) is 0 Å². The highest BCUT2D eigenvalue weighted by Crippen LogP contribution is 2.18. The SMILES string of the molecule is Fc1cccc(Nc2ccnc(Nc3cccc(F)c3)n2)c1. The van der Waals surface area contributed by atoms with E-state index in [0.717, 1.165) is 0 Å². The van der Waals surface area contributed by atoms with Crippen molar-refractivity contribution in [2.45, 2.75) is 0 Å². The van der Waals surface area contributed by atoms with Crippen LogP contribution in [-0.2, 0) is 0 Å². The summed E-state index contributed by atoms with van der Waals surface area (Å²) in [6, 6.07) is 13.7. The molecule has 1 aromatic heterocycles. The van der Waals surface area contributed by atoms with Crippen molar-refractivity contribution in [1.82, 2.24) is 9.97 Å². The van der Waals surface area contributed by atoms with Gasteiger partial charge in [-0.15, -0.1) is 0 Å². The summed E-state index contributed by atoms with van der Waals surface area (Å²) in [5, 5.41) is 5.88. The molecule has 6 heteroatoms. The first-order chi connectivity index (χ1) is 10.7. The standard InChI is InChI=1S/C16H12F2N4/c17-11-3-1-5-13(9-11)20-15-7-8-19-16(22-15)21-14-6-2-4-12(18)10-14/h1-10H,(H2,19,20,21,22). The molecule has 3 aromatic rings. The van der Waals surface area contributed by atoms with E-state index in [4.69, 9.17) is 0 Å². The fourth-order valence-corrected chi connectivity index (χ4v) is 1.90. The molecule has 0 unspecified atom stereocenters. The average Bonchev–Trinajstić information content (AvgIpc) is 2.47. The van der Waals surface area contributed by atoms with Crippen LogP contribution in [-0.4, -0.2) is 9.97 Å². The van der Waals surface area contributed by atoms with Gasteiger partial charge < -0.3 is 10.6 Å². The zero-order chi connectivity index (χ0) is 15.4. The summed E-state index contributed by atoms with van der Waals surface area (Å²) < 4.78 is 26.3. The van der Waals surface area contributed by atoms with Crippen molar-refractivity contribution < 1.29 is 8.78 Å². The van der Waals surface area contributed by atoms with Crippen LogP contribution in [0.2, 0.25) is 0 Å². The summed E-state index contributed by atoms with van der Waals surface area (Å²) in [5.41, 5.74) is 1.12. The van der Waals surface area contributed by atoms with Crippen LogP contribution in [0.5, 0.6) is 0 Å². The molecule has 0 atom stereocenters. The molecule has 0 aliphatic carbocycles. The largest absolute Gasteiger partial charge is 0.340 e. The third kappa shape index (κ3) is 3.54. The van der Waals surface area contributed by atoms with Gasteiger partial charge in [0.2, 0.25) is 5.95 Å². The highest BCUT2D eigenvalue weighted by atomic mass is 19.1. The summed E-state index contributed by atoms with van der Waals surface area (Å²) in [4.78, 5) is 8.31. The average molecular weight is 298 g/mol. The second-order valence-corrected chi connectivity index (χ2v) is 4.54. The van der Waals surface area contributed by atoms with E-state index in [1.807, 2.05) is 0 Å². The second-order valence-electron chi connectivity index (χ2n) is 4.54. The molecule has 0 aliphatic heterocycles. The molecule has 110 valence electrons. The van der Waals surface area contributed by atoms with E-state index in [9.17, 15) is 8.78 Å². The Kier molecular flexibility index (Phi) is 3.91. The Balaban J connectivity index is 1.78. The Hall–Kier alpha value is -3.02. The molecular weight excluding hydrogens is 286 g/mol. The van der Waals surface area contributed by atoms with E-state index in [0.29, 0.717) is 23.1 Å². The Morgan fingerprint density at radius 2 is 1.41 bits per heavy atom. The summed E-state index contributed by atoms with van der Waals surface area (Å²) >= 11 is 0. The Morgan fingerprint density at radius 3 is 2.05 bits per heavy atom. The van der Waals surface area contributed by atoms with E-state index in [-0.39, 0.29) is 11.6 Å². The molecule has 0 fully saturated rings. The van der Waals surface area contributed by atoms with E-state index in [1.54, 1.807) is 36.5 Å². The van der Waals surface area contributed by atoms with Gasteiger partial charge in [0.1, 0.15) is 17.5 Å². The minimum atomic E-state index is -0.348. The van der Waals surface area contributed by atoms with Crippen molar-refractivity contribution >= 4 is 23.1 Å². The number of hydrogen-bond donors (Lipinski definition) is 2. The molecule has 0 saturated carbocycles.